The predicted octanol–water partition coefficient (Wildman–Crippen LogP) is 1.27. The molecule has 0 radical (unpaired) electrons. The van der Waals surface area contributed by atoms with Gasteiger partial charge in [0, 0.05) is 6.20 Å². The van der Waals surface area contributed by atoms with Crippen molar-refractivity contribution in [3.8, 4) is 11.9 Å². The summed E-state index contributed by atoms with van der Waals surface area (Å²) in [7, 11) is 0. The van der Waals surface area contributed by atoms with Crippen LogP contribution in [0.2, 0.25) is 0 Å². The van der Waals surface area contributed by atoms with E-state index in [1.54, 1.807) is 10.7 Å². The van der Waals surface area contributed by atoms with E-state index in [-0.39, 0.29) is 0 Å². The highest BCUT2D eigenvalue weighted by Crippen LogP contribution is 2.19. The van der Waals surface area contributed by atoms with Crippen molar-refractivity contribution in [3.63, 3.8) is 0 Å². The lowest BCUT2D eigenvalue weighted by atomic mass is 10.2. The molecule has 6 heteroatoms. The standard InChI is InChI=1S/C12H8N6/c13-6-8-5-9(14)12(15-7-8)18-11-4-2-1-3-10(11)16-17-18/h1-5,7H,14H2. The molecule has 86 valence electrons. The molecule has 3 aromatic rings. The number of nitrogens with two attached hydrogens (primary N) is 1. The third kappa shape index (κ3) is 1.46. The van der Waals surface area contributed by atoms with Crippen molar-refractivity contribution in [2.24, 2.45) is 0 Å². The maximum absolute atomic E-state index is 8.77. The van der Waals surface area contributed by atoms with Gasteiger partial charge < -0.3 is 5.73 Å². The smallest absolute Gasteiger partial charge is 0.179 e. The summed E-state index contributed by atoms with van der Waals surface area (Å²) in [5, 5.41) is 16.8. The van der Waals surface area contributed by atoms with Crippen molar-refractivity contribution in [1.29, 1.82) is 5.26 Å². The van der Waals surface area contributed by atoms with Gasteiger partial charge in [0.25, 0.3) is 0 Å². The van der Waals surface area contributed by atoms with E-state index >= 15 is 0 Å². The van der Waals surface area contributed by atoms with Crippen molar-refractivity contribution < 1.29 is 0 Å². The number of para-hydroxylation sites is 1. The van der Waals surface area contributed by atoms with E-state index in [0.717, 1.165) is 11.0 Å². The molecular formula is C12H8N6. The SMILES string of the molecule is N#Cc1cnc(-n2nnc3ccccc32)c(N)c1. The predicted molar refractivity (Wildman–Crippen MR) is 65.8 cm³/mol. The first-order valence-corrected chi connectivity index (χ1v) is 5.26. The first-order valence-electron chi connectivity index (χ1n) is 5.26. The quantitative estimate of drug-likeness (QED) is 0.686. The topological polar surface area (TPSA) is 93.4 Å². The van der Waals surface area contributed by atoms with E-state index in [9.17, 15) is 0 Å². The van der Waals surface area contributed by atoms with Crippen LogP contribution in [0.5, 0.6) is 0 Å². The molecule has 2 aromatic heterocycles. The summed E-state index contributed by atoms with van der Waals surface area (Å²) < 4.78 is 1.56. The van der Waals surface area contributed by atoms with Crippen LogP contribution in [0.25, 0.3) is 16.9 Å². The normalized spacial score (nSPS) is 10.4. The monoisotopic (exact) mass is 236 g/mol. The van der Waals surface area contributed by atoms with Gasteiger partial charge in [0.1, 0.15) is 11.6 Å². The number of pyridine rings is 1. The molecule has 0 saturated carbocycles. The van der Waals surface area contributed by atoms with E-state index in [2.05, 4.69) is 15.3 Å². The Hall–Kier alpha value is -2.94. The van der Waals surface area contributed by atoms with Crippen molar-refractivity contribution >= 4 is 16.7 Å². The van der Waals surface area contributed by atoms with Gasteiger partial charge in [0.05, 0.1) is 16.8 Å². The van der Waals surface area contributed by atoms with Gasteiger partial charge in [0.15, 0.2) is 5.82 Å². The maximum atomic E-state index is 8.77. The Balaban J connectivity index is 2.24. The zero-order valence-corrected chi connectivity index (χ0v) is 9.28. The molecule has 18 heavy (non-hydrogen) atoms. The molecule has 0 bridgehead atoms. The second-order valence-electron chi connectivity index (χ2n) is 3.74. The van der Waals surface area contributed by atoms with Crippen LogP contribution in [0.15, 0.2) is 36.5 Å². The van der Waals surface area contributed by atoms with E-state index in [1.165, 1.54) is 6.20 Å². The molecule has 0 aliphatic heterocycles. The van der Waals surface area contributed by atoms with Gasteiger partial charge >= 0.3 is 0 Å². The Bertz CT molecular complexity index is 768. The van der Waals surface area contributed by atoms with Crippen LogP contribution in [0.1, 0.15) is 5.56 Å². The van der Waals surface area contributed by atoms with Crippen LogP contribution >= 0.6 is 0 Å². The van der Waals surface area contributed by atoms with Crippen LogP contribution in [0, 0.1) is 11.3 Å². The number of benzene rings is 1. The van der Waals surface area contributed by atoms with E-state index in [0.29, 0.717) is 17.1 Å². The van der Waals surface area contributed by atoms with Crippen LogP contribution in [-0.4, -0.2) is 20.0 Å². The summed E-state index contributed by atoms with van der Waals surface area (Å²) in [5.41, 5.74) is 8.27. The fourth-order valence-electron chi connectivity index (χ4n) is 1.74. The molecule has 3 rings (SSSR count). The van der Waals surface area contributed by atoms with Crippen LogP contribution in [0.4, 0.5) is 5.69 Å². The number of hydrogen-bond acceptors (Lipinski definition) is 5. The van der Waals surface area contributed by atoms with Gasteiger partial charge in [-0.05, 0) is 18.2 Å². The lowest BCUT2D eigenvalue weighted by molar-refractivity contribution is 0.803. The lowest BCUT2D eigenvalue weighted by Gasteiger charge is -2.04. The fourth-order valence-corrected chi connectivity index (χ4v) is 1.74. The average Bonchev–Trinajstić information content (AvgIpc) is 2.82. The van der Waals surface area contributed by atoms with E-state index in [1.807, 2.05) is 30.3 Å². The Labute approximate surface area is 102 Å². The molecule has 6 nitrogen and oxygen atoms in total. The molecule has 2 N–H and O–H groups in total. The lowest BCUT2D eigenvalue weighted by Crippen LogP contribution is -2.04. The number of hydrogen-bond donors (Lipinski definition) is 1. The minimum absolute atomic E-state index is 0.393. The largest absolute Gasteiger partial charge is 0.396 e. The molecule has 1 aromatic carbocycles. The average molecular weight is 236 g/mol. The zero-order valence-electron chi connectivity index (χ0n) is 9.28. The second kappa shape index (κ2) is 3.82. The number of nitrogen functional groups attached to an aromatic ring is 1. The maximum Gasteiger partial charge on any atom is 0.179 e. The van der Waals surface area contributed by atoms with Crippen molar-refractivity contribution in [3.05, 3.63) is 42.1 Å². The Morgan fingerprint density at radius 3 is 2.89 bits per heavy atom. The summed E-state index contributed by atoms with van der Waals surface area (Å²) in [6.45, 7) is 0. The molecule has 0 spiro atoms. The summed E-state index contributed by atoms with van der Waals surface area (Å²) in [4.78, 5) is 4.15. The van der Waals surface area contributed by atoms with Gasteiger partial charge in [-0.2, -0.15) is 9.94 Å². The van der Waals surface area contributed by atoms with Crippen molar-refractivity contribution in [1.82, 2.24) is 20.0 Å². The van der Waals surface area contributed by atoms with E-state index < -0.39 is 0 Å². The van der Waals surface area contributed by atoms with Gasteiger partial charge in [-0.3, -0.25) is 0 Å². The first-order chi connectivity index (χ1) is 8.79. The molecule has 2 heterocycles. The Kier molecular flexibility index (Phi) is 2.17. The molecule has 0 atom stereocenters. The summed E-state index contributed by atoms with van der Waals surface area (Å²) >= 11 is 0. The minimum atomic E-state index is 0.393. The summed E-state index contributed by atoms with van der Waals surface area (Å²) in [6, 6.07) is 11.1. The highest BCUT2D eigenvalue weighted by Gasteiger charge is 2.10. The third-order valence-electron chi connectivity index (χ3n) is 2.58. The number of nitriles is 1. The molecule has 0 amide bonds. The Morgan fingerprint density at radius 1 is 1.28 bits per heavy atom. The number of nitrogens with zero attached hydrogens (tertiary/aromatic N) is 5. The summed E-state index contributed by atoms with van der Waals surface area (Å²) in [5.74, 6) is 0.475. The first kappa shape index (κ1) is 10.2. The molecule has 0 unspecified atom stereocenters. The third-order valence-corrected chi connectivity index (χ3v) is 2.58. The van der Waals surface area contributed by atoms with Gasteiger partial charge in [0.2, 0.25) is 0 Å². The zero-order chi connectivity index (χ0) is 12.5. The second-order valence-corrected chi connectivity index (χ2v) is 3.74. The van der Waals surface area contributed by atoms with Crippen molar-refractivity contribution in [2.75, 3.05) is 5.73 Å². The minimum Gasteiger partial charge on any atom is -0.396 e. The molecule has 0 aliphatic rings. The molecule has 0 fully saturated rings. The fraction of sp³-hybridized carbons (Fsp3) is 0. The Morgan fingerprint density at radius 2 is 2.11 bits per heavy atom. The van der Waals surface area contributed by atoms with Gasteiger partial charge in [-0.25, -0.2) is 4.98 Å². The number of rotatable bonds is 1. The number of aromatic nitrogens is 4. The number of anilines is 1. The van der Waals surface area contributed by atoms with Gasteiger partial charge in [-0.15, -0.1) is 5.10 Å². The molecule has 0 aliphatic carbocycles. The van der Waals surface area contributed by atoms with Crippen LogP contribution in [-0.2, 0) is 0 Å². The van der Waals surface area contributed by atoms with Crippen molar-refractivity contribution in [2.45, 2.75) is 0 Å². The molecular weight excluding hydrogens is 228 g/mol. The van der Waals surface area contributed by atoms with Gasteiger partial charge in [-0.1, -0.05) is 17.3 Å². The number of fused-ring (bicyclic) bond motifs is 1. The van der Waals surface area contributed by atoms with Crippen LogP contribution < -0.4 is 5.73 Å². The highest BCUT2D eigenvalue weighted by atomic mass is 15.4. The van der Waals surface area contributed by atoms with Crippen LogP contribution in [0.3, 0.4) is 0 Å². The molecule has 0 saturated heterocycles. The highest BCUT2D eigenvalue weighted by molar-refractivity contribution is 5.77. The summed E-state index contributed by atoms with van der Waals surface area (Å²) in [6.07, 6.45) is 1.46. The van der Waals surface area contributed by atoms with E-state index in [4.69, 9.17) is 11.0 Å².